The van der Waals surface area contributed by atoms with Crippen molar-refractivity contribution in [1.82, 2.24) is 19.8 Å². The van der Waals surface area contributed by atoms with Crippen LogP contribution in [0, 0.1) is 0 Å². The smallest absolute Gasteiger partial charge is 0.325 e. The Kier molecular flexibility index (Phi) is 10.2. The molecule has 1 atom stereocenters. The zero-order chi connectivity index (χ0) is 23.5. The number of hydrogen-bond acceptors (Lipinski definition) is 5. The molecule has 8 heteroatoms. The predicted octanol–water partition coefficient (Wildman–Crippen LogP) is 4.02. The van der Waals surface area contributed by atoms with E-state index in [0.717, 1.165) is 25.7 Å². The van der Waals surface area contributed by atoms with E-state index in [1.807, 2.05) is 32.0 Å². The Labute approximate surface area is 190 Å². The van der Waals surface area contributed by atoms with Crippen molar-refractivity contribution in [2.45, 2.75) is 72.4 Å². The number of nitrogens with zero attached hydrogens (tertiary/aromatic N) is 3. The molecule has 176 valence electrons. The van der Waals surface area contributed by atoms with E-state index in [1.165, 1.54) is 0 Å². The lowest BCUT2D eigenvalue weighted by atomic mass is 10.1. The highest BCUT2D eigenvalue weighted by Gasteiger charge is 2.28. The number of unbranched alkanes of at least 4 members (excludes halogenated alkanes) is 3. The van der Waals surface area contributed by atoms with E-state index < -0.39 is 12.0 Å². The van der Waals surface area contributed by atoms with E-state index in [0.29, 0.717) is 36.2 Å². The molecule has 0 saturated carbocycles. The maximum atomic E-state index is 13.1. The van der Waals surface area contributed by atoms with Gasteiger partial charge in [0.15, 0.2) is 0 Å². The minimum Gasteiger partial charge on any atom is -0.465 e. The van der Waals surface area contributed by atoms with Gasteiger partial charge in [-0.05, 0) is 38.8 Å². The molecule has 1 heterocycles. The zero-order valence-electron chi connectivity index (χ0n) is 19.7. The largest absolute Gasteiger partial charge is 0.465 e. The Morgan fingerprint density at radius 2 is 1.88 bits per heavy atom. The molecule has 1 aromatic carbocycles. The van der Waals surface area contributed by atoms with Gasteiger partial charge in [-0.15, -0.1) is 0 Å². The lowest BCUT2D eigenvalue weighted by Gasteiger charge is -2.32. The molecule has 32 heavy (non-hydrogen) atoms. The van der Waals surface area contributed by atoms with Crippen LogP contribution in [-0.2, 0) is 16.1 Å². The molecular weight excluding hydrogens is 408 g/mol. The van der Waals surface area contributed by atoms with Crippen LogP contribution < -0.4 is 10.9 Å². The summed E-state index contributed by atoms with van der Waals surface area (Å²) in [5, 5.41) is 3.24. The zero-order valence-corrected chi connectivity index (χ0v) is 19.7. The van der Waals surface area contributed by atoms with E-state index in [9.17, 15) is 14.4 Å². The van der Waals surface area contributed by atoms with Crippen molar-refractivity contribution in [3.05, 3.63) is 40.4 Å². The van der Waals surface area contributed by atoms with Crippen LogP contribution in [0.4, 0.5) is 4.79 Å². The third kappa shape index (κ3) is 6.31. The van der Waals surface area contributed by atoms with Crippen molar-refractivity contribution >= 4 is 22.9 Å². The lowest BCUT2D eigenvalue weighted by molar-refractivity contribution is -0.141. The standard InChI is InChI=1S/C24H36N4O4/c1-5-9-10-13-16-28(24(31)25-17-21(29)32-8-4)20(6-2)22-26-19-15-12-11-14-18(19)23(30)27(22)7-3/h11-12,14-15,20H,5-10,13,16-17H2,1-4H3,(H,25,31). The predicted molar refractivity (Wildman–Crippen MR) is 126 cm³/mol. The number of urea groups is 1. The number of rotatable bonds is 12. The molecule has 0 fully saturated rings. The fraction of sp³-hybridized carbons (Fsp3) is 0.583. The molecule has 0 saturated heterocycles. The van der Waals surface area contributed by atoms with Crippen LogP contribution in [0.5, 0.6) is 0 Å². The number of para-hydroxylation sites is 1. The monoisotopic (exact) mass is 444 g/mol. The first kappa shape index (κ1) is 25.4. The second-order valence-electron chi connectivity index (χ2n) is 7.68. The molecular formula is C24H36N4O4. The summed E-state index contributed by atoms with van der Waals surface area (Å²) in [5.41, 5.74) is 0.512. The number of amides is 2. The van der Waals surface area contributed by atoms with Gasteiger partial charge in [0.2, 0.25) is 0 Å². The highest BCUT2D eigenvalue weighted by atomic mass is 16.5. The second-order valence-corrected chi connectivity index (χ2v) is 7.68. The summed E-state index contributed by atoms with van der Waals surface area (Å²) in [7, 11) is 0. The molecule has 2 aromatic rings. The first-order valence-electron chi connectivity index (χ1n) is 11.7. The van der Waals surface area contributed by atoms with Gasteiger partial charge in [0.1, 0.15) is 12.4 Å². The molecule has 1 unspecified atom stereocenters. The van der Waals surface area contributed by atoms with Crippen molar-refractivity contribution < 1.29 is 14.3 Å². The number of esters is 1. The fourth-order valence-corrected chi connectivity index (χ4v) is 3.86. The molecule has 2 rings (SSSR count). The van der Waals surface area contributed by atoms with Crippen LogP contribution in [0.15, 0.2) is 29.1 Å². The van der Waals surface area contributed by atoms with Gasteiger partial charge in [0.05, 0.1) is 23.6 Å². The van der Waals surface area contributed by atoms with Crippen LogP contribution >= 0.6 is 0 Å². The molecule has 1 N–H and O–H groups in total. The van der Waals surface area contributed by atoms with Gasteiger partial charge in [-0.2, -0.15) is 0 Å². The van der Waals surface area contributed by atoms with Crippen molar-refractivity contribution in [1.29, 1.82) is 0 Å². The summed E-state index contributed by atoms with van der Waals surface area (Å²) in [6.07, 6.45) is 4.60. The highest BCUT2D eigenvalue weighted by molar-refractivity contribution is 5.81. The summed E-state index contributed by atoms with van der Waals surface area (Å²) in [6, 6.07) is 6.52. The van der Waals surface area contributed by atoms with Crippen molar-refractivity contribution in [2.24, 2.45) is 0 Å². The van der Waals surface area contributed by atoms with Crippen LogP contribution in [0.1, 0.15) is 71.7 Å². The minimum absolute atomic E-state index is 0.107. The van der Waals surface area contributed by atoms with Gasteiger partial charge < -0.3 is 15.0 Å². The summed E-state index contributed by atoms with van der Waals surface area (Å²) in [5.74, 6) is 0.0922. The molecule has 8 nitrogen and oxygen atoms in total. The quantitative estimate of drug-likeness (QED) is 0.394. The molecule has 0 radical (unpaired) electrons. The number of nitrogens with one attached hydrogen (secondary N) is 1. The molecule has 0 aliphatic rings. The molecule has 0 bridgehead atoms. The Morgan fingerprint density at radius 3 is 2.53 bits per heavy atom. The molecule has 1 aromatic heterocycles. The fourth-order valence-electron chi connectivity index (χ4n) is 3.86. The van der Waals surface area contributed by atoms with Crippen LogP contribution in [0.3, 0.4) is 0 Å². The highest BCUT2D eigenvalue weighted by Crippen LogP contribution is 2.24. The van der Waals surface area contributed by atoms with Gasteiger partial charge in [0.25, 0.3) is 5.56 Å². The summed E-state index contributed by atoms with van der Waals surface area (Å²) >= 11 is 0. The second kappa shape index (κ2) is 12.8. The first-order chi connectivity index (χ1) is 15.5. The SMILES string of the molecule is CCCCCCN(C(=O)NCC(=O)OCC)C(CC)c1nc2ccccc2c(=O)n1CC. The Hall–Kier alpha value is -2.90. The maximum Gasteiger partial charge on any atom is 0.325 e. The van der Waals surface area contributed by atoms with Gasteiger partial charge in [-0.25, -0.2) is 9.78 Å². The topological polar surface area (TPSA) is 93.5 Å². The summed E-state index contributed by atoms with van der Waals surface area (Å²) in [6.45, 7) is 8.78. The van der Waals surface area contributed by atoms with Gasteiger partial charge in [-0.3, -0.25) is 14.2 Å². The number of aromatic nitrogens is 2. The third-order valence-corrected chi connectivity index (χ3v) is 5.47. The van der Waals surface area contributed by atoms with Crippen molar-refractivity contribution in [3.8, 4) is 0 Å². The van der Waals surface area contributed by atoms with E-state index >= 15 is 0 Å². The number of fused-ring (bicyclic) bond motifs is 1. The van der Waals surface area contributed by atoms with Gasteiger partial charge in [0, 0.05) is 13.1 Å². The Balaban J connectivity index is 2.41. The maximum absolute atomic E-state index is 13.1. The summed E-state index contributed by atoms with van der Waals surface area (Å²) < 4.78 is 6.57. The number of benzene rings is 1. The molecule has 0 aliphatic carbocycles. The van der Waals surface area contributed by atoms with Crippen molar-refractivity contribution in [2.75, 3.05) is 19.7 Å². The molecule has 0 spiro atoms. The van der Waals surface area contributed by atoms with E-state index in [2.05, 4.69) is 12.2 Å². The third-order valence-electron chi connectivity index (χ3n) is 5.47. The minimum atomic E-state index is -0.478. The average molecular weight is 445 g/mol. The van der Waals surface area contributed by atoms with Gasteiger partial charge in [-0.1, -0.05) is 45.2 Å². The number of carbonyl (C=O) groups is 2. The Morgan fingerprint density at radius 1 is 1.12 bits per heavy atom. The van der Waals surface area contributed by atoms with Crippen LogP contribution in [0.25, 0.3) is 10.9 Å². The normalized spacial score (nSPS) is 11.9. The number of carbonyl (C=O) groups excluding carboxylic acids is 2. The van der Waals surface area contributed by atoms with E-state index in [-0.39, 0.29) is 24.7 Å². The van der Waals surface area contributed by atoms with E-state index in [4.69, 9.17) is 9.72 Å². The van der Waals surface area contributed by atoms with Crippen LogP contribution in [0.2, 0.25) is 0 Å². The van der Waals surface area contributed by atoms with Gasteiger partial charge >= 0.3 is 12.0 Å². The Bertz CT molecular complexity index is 957. The summed E-state index contributed by atoms with van der Waals surface area (Å²) in [4.78, 5) is 44.5. The lowest BCUT2D eigenvalue weighted by Crippen LogP contribution is -2.46. The molecule has 0 aliphatic heterocycles. The van der Waals surface area contributed by atoms with Crippen LogP contribution in [-0.4, -0.2) is 46.1 Å². The van der Waals surface area contributed by atoms with E-state index in [1.54, 1.807) is 22.5 Å². The number of ether oxygens (including phenoxy) is 1. The van der Waals surface area contributed by atoms with Crippen molar-refractivity contribution in [3.63, 3.8) is 0 Å². The first-order valence-corrected chi connectivity index (χ1v) is 11.7. The number of hydrogen-bond donors (Lipinski definition) is 1. The average Bonchev–Trinajstić information content (AvgIpc) is 2.80. The molecule has 2 amide bonds.